The molecule has 0 saturated heterocycles. The molecular formula is C23H19ClN2O2. The predicted molar refractivity (Wildman–Crippen MR) is 112 cm³/mol. The van der Waals surface area contributed by atoms with Gasteiger partial charge in [-0.1, -0.05) is 30.7 Å². The number of Topliss-reactive ketones (excluding diaryl/α,β-unsaturated/α-hetero) is 1. The summed E-state index contributed by atoms with van der Waals surface area (Å²) in [6.45, 7) is 2.70. The Hall–Kier alpha value is -2.85. The van der Waals surface area contributed by atoms with Gasteiger partial charge in [0, 0.05) is 45.6 Å². The Kier molecular flexibility index (Phi) is 4.09. The number of aryl methyl sites for hydroxylation is 1. The number of pyridine rings is 1. The molecule has 1 aliphatic carbocycles. The fraction of sp³-hybridized carbons (Fsp3) is 0.217. The number of hydrogen-bond donors (Lipinski definition) is 1. The van der Waals surface area contributed by atoms with Crippen LogP contribution < -0.4 is 4.74 Å². The number of carbonyl (C=O) groups excluding carboxylic acids is 1. The number of nitrogens with one attached hydrogen (secondary N) is 1. The predicted octanol–water partition coefficient (Wildman–Crippen LogP) is 5.95. The van der Waals surface area contributed by atoms with Crippen molar-refractivity contribution in [1.29, 1.82) is 0 Å². The number of hydrogen-bond acceptors (Lipinski definition) is 3. The zero-order valence-electron chi connectivity index (χ0n) is 15.5. The quantitative estimate of drug-likeness (QED) is 0.468. The molecule has 0 amide bonds. The topological polar surface area (TPSA) is 55.0 Å². The summed E-state index contributed by atoms with van der Waals surface area (Å²) < 4.78 is 5.66. The van der Waals surface area contributed by atoms with Crippen molar-refractivity contribution in [2.24, 2.45) is 0 Å². The van der Waals surface area contributed by atoms with Crippen molar-refractivity contribution in [3.05, 3.63) is 58.9 Å². The molecule has 2 aromatic heterocycles. The Morgan fingerprint density at radius 1 is 1.14 bits per heavy atom. The van der Waals surface area contributed by atoms with Gasteiger partial charge >= 0.3 is 0 Å². The van der Waals surface area contributed by atoms with Crippen LogP contribution in [-0.4, -0.2) is 22.4 Å². The first-order chi connectivity index (χ1) is 13.7. The molecule has 1 aliphatic rings. The van der Waals surface area contributed by atoms with Gasteiger partial charge in [0.15, 0.2) is 5.78 Å². The number of ether oxygens (including phenoxy) is 1. The first kappa shape index (κ1) is 17.3. The highest BCUT2D eigenvalue weighted by Gasteiger charge is 2.25. The Labute approximate surface area is 167 Å². The number of ketones is 1. The molecular weight excluding hydrogens is 372 g/mol. The average Bonchev–Trinajstić information content (AvgIpc) is 3.26. The van der Waals surface area contributed by atoms with E-state index in [0.717, 1.165) is 57.0 Å². The van der Waals surface area contributed by atoms with Gasteiger partial charge < -0.3 is 9.72 Å². The number of aromatic amines is 1. The van der Waals surface area contributed by atoms with E-state index < -0.39 is 0 Å². The van der Waals surface area contributed by atoms with Gasteiger partial charge in [0.05, 0.1) is 22.8 Å². The fourth-order valence-corrected chi connectivity index (χ4v) is 4.19. The van der Waals surface area contributed by atoms with Crippen LogP contribution in [0.1, 0.15) is 35.8 Å². The monoisotopic (exact) mass is 390 g/mol. The SMILES string of the molecule is CCCOc1ccc(-c2cc3c(ccc4c5c([nH]c43)CCC5=O)cn2)cc1Cl. The minimum Gasteiger partial charge on any atom is -0.492 e. The van der Waals surface area contributed by atoms with Crippen LogP contribution in [0.3, 0.4) is 0 Å². The van der Waals surface area contributed by atoms with Crippen molar-refractivity contribution in [2.75, 3.05) is 6.61 Å². The zero-order chi connectivity index (χ0) is 19.3. The number of fused-ring (bicyclic) bond motifs is 5. The molecule has 0 aliphatic heterocycles. The third kappa shape index (κ3) is 2.68. The van der Waals surface area contributed by atoms with Crippen LogP contribution >= 0.6 is 11.6 Å². The molecule has 5 heteroatoms. The molecule has 2 heterocycles. The van der Waals surface area contributed by atoms with Gasteiger partial charge in [-0.3, -0.25) is 9.78 Å². The van der Waals surface area contributed by atoms with Gasteiger partial charge in [-0.2, -0.15) is 0 Å². The Morgan fingerprint density at radius 3 is 2.86 bits per heavy atom. The van der Waals surface area contributed by atoms with Gasteiger partial charge in [-0.05, 0) is 37.1 Å². The maximum absolute atomic E-state index is 12.3. The van der Waals surface area contributed by atoms with E-state index in [1.54, 1.807) is 0 Å². The maximum atomic E-state index is 12.3. The molecule has 4 nitrogen and oxygen atoms in total. The van der Waals surface area contributed by atoms with E-state index in [0.29, 0.717) is 23.8 Å². The first-order valence-electron chi connectivity index (χ1n) is 9.55. The van der Waals surface area contributed by atoms with Crippen LogP contribution in [0.15, 0.2) is 42.6 Å². The number of H-pyrrole nitrogens is 1. The van der Waals surface area contributed by atoms with Crippen molar-refractivity contribution < 1.29 is 9.53 Å². The Morgan fingerprint density at radius 2 is 2.04 bits per heavy atom. The number of rotatable bonds is 4. The zero-order valence-corrected chi connectivity index (χ0v) is 16.3. The lowest BCUT2D eigenvalue weighted by Gasteiger charge is -2.09. The van der Waals surface area contributed by atoms with Crippen molar-refractivity contribution in [1.82, 2.24) is 9.97 Å². The number of benzene rings is 2. The van der Waals surface area contributed by atoms with Crippen molar-refractivity contribution in [2.45, 2.75) is 26.2 Å². The molecule has 28 heavy (non-hydrogen) atoms. The van der Waals surface area contributed by atoms with E-state index in [1.807, 2.05) is 36.5 Å². The summed E-state index contributed by atoms with van der Waals surface area (Å²) in [6.07, 6.45) is 4.19. The van der Waals surface area contributed by atoms with Crippen LogP contribution in [-0.2, 0) is 6.42 Å². The van der Waals surface area contributed by atoms with E-state index in [4.69, 9.17) is 16.3 Å². The molecule has 0 radical (unpaired) electrons. The lowest BCUT2D eigenvalue weighted by Crippen LogP contribution is -1.95. The maximum Gasteiger partial charge on any atom is 0.165 e. The molecule has 0 saturated carbocycles. The minimum atomic E-state index is 0.226. The third-order valence-corrected chi connectivity index (χ3v) is 5.62. The van der Waals surface area contributed by atoms with E-state index >= 15 is 0 Å². The van der Waals surface area contributed by atoms with E-state index in [9.17, 15) is 4.79 Å². The molecule has 0 bridgehead atoms. The minimum absolute atomic E-state index is 0.226. The van der Waals surface area contributed by atoms with Gasteiger partial charge in [-0.25, -0.2) is 0 Å². The van der Waals surface area contributed by atoms with Gasteiger partial charge in [-0.15, -0.1) is 0 Å². The second-order valence-corrected chi connectivity index (χ2v) is 7.58. The van der Waals surface area contributed by atoms with E-state index in [1.165, 1.54) is 0 Å². The summed E-state index contributed by atoms with van der Waals surface area (Å²) in [7, 11) is 0. The summed E-state index contributed by atoms with van der Waals surface area (Å²) in [5, 5.41) is 3.68. The van der Waals surface area contributed by atoms with E-state index in [-0.39, 0.29) is 5.78 Å². The van der Waals surface area contributed by atoms with Crippen LogP contribution in [0.2, 0.25) is 5.02 Å². The summed E-state index contributed by atoms with van der Waals surface area (Å²) in [4.78, 5) is 20.3. The Bertz CT molecular complexity index is 1240. The van der Waals surface area contributed by atoms with Crippen molar-refractivity contribution in [3.63, 3.8) is 0 Å². The normalized spacial score (nSPS) is 13.4. The number of aromatic nitrogens is 2. The van der Waals surface area contributed by atoms with Crippen molar-refractivity contribution >= 4 is 39.1 Å². The number of nitrogens with zero attached hydrogens (tertiary/aromatic N) is 1. The Balaban J connectivity index is 1.63. The molecule has 0 atom stereocenters. The second-order valence-electron chi connectivity index (χ2n) is 7.17. The lowest BCUT2D eigenvalue weighted by molar-refractivity contribution is 0.0996. The molecule has 0 spiro atoms. The molecule has 1 N–H and O–H groups in total. The van der Waals surface area contributed by atoms with Crippen LogP contribution in [0.4, 0.5) is 0 Å². The van der Waals surface area contributed by atoms with Crippen LogP contribution in [0.5, 0.6) is 5.75 Å². The highest BCUT2D eigenvalue weighted by Crippen LogP contribution is 2.36. The second kappa shape index (κ2) is 6.64. The van der Waals surface area contributed by atoms with Gasteiger partial charge in [0.25, 0.3) is 0 Å². The number of halogens is 1. The summed E-state index contributed by atoms with van der Waals surface area (Å²) >= 11 is 6.40. The highest BCUT2D eigenvalue weighted by molar-refractivity contribution is 6.32. The van der Waals surface area contributed by atoms with E-state index in [2.05, 4.69) is 23.0 Å². The molecule has 2 aromatic carbocycles. The van der Waals surface area contributed by atoms with Crippen LogP contribution in [0.25, 0.3) is 32.9 Å². The smallest absolute Gasteiger partial charge is 0.165 e. The molecule has 140 valence electrons. The largest absolute Gasteiger partial charge is 0.492 e. The summed E-state index contributed by atoms with van der Waals surface area (Å²) in [5.74, 6) is 0.916. The highest BCUT2D eigenvalue weighted by atomic mass is 35.5. The molecule has 5 rings (SSSR count). The standard InChI is InChI=1S/C23H19ClN2O2/c1-2-9-28-21-8-4-13(10-17(21)24)19-11-16-14(12-25-19)3-5-15-22-18(26-23(15)16)6-7-20(22)27/h3-5,8,10-12,26H,2,6-7,9H2,1H3. The fourth-order valence-electron chi connectivity index (χ4n) is 3.95. The van der Waals surface area contributed by atoms with Gasteiger partial charge in [0.1, 0.15) is 5.75 Å². The third-order valence-electron chi connectivity index (χ3n) is 5.32. The first-order valence-corrected chi connectivity index (χ1v) is 9.92. The van der Waals surface area contributed by atoms with Gasteiger partial charge in [0.2, 0.25) is 0 Å². The van der Waals surface area contributed by atoms with Crippen LogP contribution in [0, 0.1) is 0 Å². The molecule has 0 unspecified atom stereocenters. The lowest BCUT2D eigenvalue weighted by atomic mass is 10.0. The van der Waals surface area contributed by atoms with Crippen molar-refractivity contribution in [3.8, 4) is 17.0 Å². The average molecular weight is 391 g/mol. The molecule has 0 fully saturated rings. The summed E-state index contributed by atoms with van der Waals surface area (Å²) in [5.41, 5.74) is 4.68. The number of carbonyl (C=O) groups is 1. The molecule has 4 aromatic rings. The summed E-state index contributed by atoms with van der Waals surface area (Å²) in [6, 6.07) is 11.9.